The van der Waals surface area contributed by atoms with Gasteiger partial charge in [-0.25, -0.2) is 0 Å². The number of hydrogen-bond donors (Lipinski definition) is 0. The van der Waals surface area contributed by atoms with Crippen LogP contribution in [0.5, 0.6) is 11.5 Å². The van der Waals surface area contributed by atoms with Crippen molar-refractivity contribution in [1.29, 1.82) is 0 Å². The molecule has 3 aromatic carbocycles. The zero-order chi connectivity index (χ0) is 25.1. The van der Waals surface area contributed by atoms with Crippen molar-refractivity contribution in [2.24, 2.45) is 0 Å². The number of carbonyl (C=O) groups is 1. The number of rotatable bonds is 7. The van der Waals surface area contributed by atoms with Gasteiger partial charge in [0.05, 0.1) is 39.3 Å². The molecule has 0 aromatic heterocycles. The molecule has 0 spiro atoms. The molecule has 0 N–H and O–H groups in total. The maximum absolute atomic E-state index is 13.1. The number of nitro groups is 1. The maximum atomic E-state index is 13.1. The van der Waals surface area contributed by atoms with Gasteiger partial charge in [0, 0.05) is 4.47 Å². The summed E-state index contributed by atoms with van der Waals surface area (Å²) in [6.45, 7) is 0.210. The summed E-state index contributed by atoms with van der Waals surface area (Å²) in [7, 11) is 1.44. The Balaban J connectivity index is 1.67. The molecule has 1 aliphatic rings. The van der Waals surface area contributed by atoms with E-state index >= 15 is 0 Å². The highest BCUT2D eigenvalue weighted by Gasteiger charge is 2.34. The highest BCUT2D eigenvalue weighted by atomic mass is 79.9. The highest BCUT2D eigenvalue weighted by molar-refractivity contribution is 9.10. The van der Waals surface area contributed by atoms with E-state index in [0.29, 0.717) is 20.9 Å². The van der Waals surface area contributed by atoms with Crippen LogP contribution in [0.15, 0.2) is 70.0 Å². The lowest BCUT2D eigenvalue weighted by Gasteiger charge is -2.15. The van der Waals surface area contributed by atoms with Crippen molar-refractivity contribution in [3.63, 3.8) is 0 Å². The monoisotopic (exact) mass is 590 g/mol. The first-order chi connectivity index (χ1) is 16.8. The molecule has 0 saturated carbocycles. The van der Waals surface area contributed by atoms with Crippen LogP contribution in [0, 0.1) is 10.1 Å². The highest BCUT2D eigenvalue weighted by Crippen LogP contribution is 2.41. The van der Waals surface area contributed by atoms with Gasteiger partial charge in [-0.05, 0) is 51.8 Å². The second-order valence-corrected chi connectivity index (χ2v) is 10.1. The van der Waals surface area contributed by atoms with Gasteiger partial charge in [-0.15, -0.1) is 0 Å². The molecule has 0 bridgehead atoms. The lowest BCUT2D eigenvalue weighted by molar-refractivity contribution is -0.385. The predicted molar refractivity (Wildman–Crippen MR) is 145 cm³/mol. The Morgan fingerprint density at radius 2 is 1.91 bits per heavy atom. The molecule has 4 rings (SSSR count). The normalized spacial score (nSPS) is 14.5. The third-order valence-electron chi connectivity index (χ3n) is 4.99. The molecule has 1 fully saturated rings. The van der Waals surface area contributed by atoms with Crippen molar-refractivity contribution in [1.82, 2.24) is 0 Å². The van der Waals surface area contributed by atoms with Gasteiger partial charge in [0.1, 0.15) is 6.61 Å². The van der Waals surface area contributed by atoms with E-state index in [2.05, 4.69) is 15.9 Å². The predicted octanol–water partition coefficient (Wildman–Crippen LogP) is 7.00. The Hall–Kier alpha value is -2.92. The summed E-state index contributed by atoms with van der Waals surface area (Å²) in [5.41, 5.74) is 1.36. The van der Waals surface area contributed by atoms with Crippen LogP contribution < -0.4 is 14.4 Å². The molecule has 0 unspecified atom stereocenters. The Kier molecular flexibility index (Phi) is 7.75. The van der Waals surface area contributed by atoms with Crippen LogP contribution in [0.3, 0.4) is 0 Å². The molecule has 35 heavy (non-hydrogen) atoms. The van der Waals surface area contributed by atoms with E-state index in [-0.39, 0.29) is 32.8 Å². The molecular formula is C24H16BrClN2O5S2. The van der Waals surface area contributed by atoms with Gasteiger partial charge in [-0.3, -0.25) is 19.8 Å². The number of nitrogens with zero attached hydrogens (tertiary/aromatic N) is 2. The molecule has 0 aliphatic carbocycles. The quantitative estimate of drug-likeness (QED) is 0.127. The third-order valence-corrected chi connectivity index (χ3v) is 7.52. The van der Waals surface area contributed by atoms with Gasteiger partial charge < -0.3 is 9.47 Å². The van der Waals surface area contributed by atoms with Gasteiger partial charge in [0.2, 0.25) is 0 Å². The fourth-order valence-corrected chi connectivity index (χ4v) is 5.01. The Bertz CT molecular complexity index is 1370. The molecule has 1 heterocycles. The molecule has 3 aromatic rings. The number of thiocarbonyl (C=S) groups is 1. The van der Waals surface area contributed by atoms with Crippen LogP contribution in [0.2, 0.25) is 5.02 Å². The number of thioether (sulfide) groups is 1. The maximum Gasteiger partial charge on any atom is 0.280 e. The Labute approximate surface area is 223 Å². The number of hydrogen-bond acceptors (Lipinski definition) is 7. The smallest absolute Gasteiger partial charge is 0.280 e. The summed E-state index contributed by atoms with van der Waals surface area (Å²) < 4.78 is 12.2. The van der Waals surface area contributed by atoms with Crippen molar-refractivity contribution >= 4 is 79.2 Å². The third kappa shape index (κ3) is 5.51. The van der Waals surface area contributed by atoms with E-state index in [1.165, 1.54) is 30.2 Å². The van der Waals surface area contributed by atoms with Gasteiger partial charge in [-0.2, -0.15) is 0 Å². The average molecular weight is 592 g/mol. The number of halogens is 2. The second-order valence-electron chi connectivity index (χ2n) is 7.21. The first-order valence-corrected chi connectivity index (χ1v) is 12.4. The fraction of sp³-hybridized carbons (Fsp3) is 0.0833. The number of nitro benzene ring substituents is 1. The van der Waals surface area contributed by atoms with Gasteiger partial charge in [0.25, 0.3) is 11.6 Å². The van der Waals surface area contributed by atoms with Crippen molar-refractivity contribution in [2.75, 3.05) is 12.0 Å². The van der Waals surface area contributed by atoms with Crippen LogP contribution in [-0.2, 0) is 11.4 Å². The average Bonchev–Trinajstić information content (AvgIpc) is 3.12. The number of benzene rings is 3. The molecule has 7 nitrogen and oxygen atoms in total. The van der Waals surface area contributed by atoms with Crippen molar-refractivity contribution in [3.8, 4) is 11.5 Å². The molecule has 11 heteroatoms. The Morgan fingerprint density at radius 1 is 1.17 bits per heavy atom. The molecule has 1 saturated heterocycles. The van der Waals surface area contributed by atoms with Crippen LogP contribution in [-0.4, -0.2) is 22.3 Å². The zero-order valence-electron chi connectivity index (χ0n) is 18.1. The van der Waals surface area contributed by atoms with E-state index in [1.807, 2.05) is 30.3 Å². The van der Waals surface area contributed by atoms with E-state index in [0.717, 1.165) is 17.3 Å². The van der Waals surface area contributed by atoms with Crippen LogP contribution in [0.1, 0.15) is 11.1 Å². The fourth-order valence-electron chi connectivity index (χ4n) is 3.30. The molecular weight excluding hydrogens is 576 g/mol. The first-order valence-electron chi connectivity index (χ1n) is 10.0. The Morgan fingerprint density at radius 3 is 2.57 bits per heavy atom. The van der Waals surface area contributed by atoms with Crippen LogP contribution in [0.25, 0.3) is 6.08 Å². The summed E-state index contributed by atoms with van der Waals surface area (Å²) in [6.07, 6.45) is 1.43. The summed E-state index contributed by atoms with van der Waals surface area (Å²) in [5, 5.41) is 12.3. The lowest BCUT2D eigenvalue weighted by Crippen LogP contribution is -2.27. The summed E-state index contributed by atoms with van der Waals surface area (Å²) in [4.78, 5) is 26.0. The van der Waals surface area contributed by atoms with E-state index in [1.54, 1.807) is 18.2 Å². The minimum absolute atomic E-state index is 0.188. The standard InChI is InChI=1S/C24H16BrClN2O5S2/c1-32-20-9-15(19(28(30)31)12-21(20)33-13-14-5-3-2-4-6-14)10-22-23(29)27(24(34)35-22)16-7-8-17(25)18(26)11-16/h2-12H,13H2,1H3/b22-10+. The first kappa shape index (κ1) is 25.2. The SMILES string of the molecule is COc1cc(/C=C2/SC(=S)N(c3ccc(Br)c(Cl)c3)C2=O)c([N+](=O)[O-])cc1OCc1ccccc1. The van der Waals surface area contributed by atoms with Gasteiger partial charge in [0.15, 0.2) is 15.8 Å². The summed E-state index contributed by atoms with van der Waals surface area (Å²) >= 11 is 15.9. The minimum Gasteiger partial charge on any atom is -0.493 e. The van der Waals surface area contributed by atoms with E-state index in [9.17, 15) is 14.9 Å². The van der Waals surface area contributed by atoms with Gasteiger partial charge >= 0.3 is 0 Å². The molecule has 178 valence electrons. The van der Waals surface area contributed by atoms with Crippen LogP contribution in [0.4, 0.5) is 11.4 Å². The zero-order valence-corrected chi connectivity index (χ0v) is 22.0. The molecule has 0 atom stereocenters. The topological polar surface area (TPSA) is 81.9 Å². The van der Waals surface area contributed by atoms with Crippen molar-refractivity contribution in [2.45, 2.75) is 6.61 Å². The van der Waals surface area contributed by atoms with Gasteiger partial charge in [-0.1, -0.05) is 65.9 Å². The summed E-state index contributed by atoms with van der Waals surface area (Å²) in [5.74, 6) is 0.112. The van der Waals surface area contributed by atoms with E-state index < -0.39 is 10.8 Å². The number of ether oxygens (including phenoxy) is 2. The number of carbonyl (C=O) groups excluding carboxylic acids is 1. The van der Waals surface area contributed by atoms with Crippen molar-refractivity contribution < 1.29 is 19.2 Å². The molecule has 1 amide bonds. The lowest BCUT2D eigenvalue weighted by atomic mass is 10.1. The second kappa shape index (κ2) is 10.8. The number of amides is 1. The molecule has 1 aliphatic heterocycles. The number of methoxy groups -OCH3 is 1. The van der Waals surface area contributed by atoms with Crippen LogP contribution >= 0.6 is 51.5 Å². The number of anilines is 1. The minimum atomic E-state index is -0.532. The largest absolute Gasteiger partial charge is 0.493 e. The summed E-state index contributed by atoms with van der Waals surface area (Å²) in [6, 6.07) is 17.2. The molecule has 0 radical (unpaired) electrons. The van der Waals surface area contributed by atoms with Crippen molar-refractivity contribution in [3.05, 3.63) is 96.3 Å². The van der Waals surface area contributed by atoms with E-state index in [4.69, 9.17) is 33.3 Å².